The average molecular weight is 450 g/mol. The highest BCUT2D eigenvalue weighted by Gasteiger charge is 2.45. The summed E-state index contributed by atoms with van der Waals surface area (Å²) >= 11 is 0. The number of esters is 1. The van der Waals surface area contributed by atoms with Crippen molar-refractivity contribution in [3.8, 4) is 0 Å². The summed E-state index contributed by atoms with van der Waals surface area (Å²) in [5.41, 5.74) is 0. The van der Waals surface area contributed by atoms with E-state index < -0.39 is 79.8 Å². The first-order valence-corrected chi connectivity index (χ1v) is 10.7. The summed E-state index contributed by atoms with van der Waals surface area (Å²) in [7, 11) is 0. The molecule has 11 nitrogen and oxygen atoms in total. The highest BCUT2D eigenvalue weighted by molar-refractivity contribution is 5.66. The Hall–Kier alpha value is -0.890. The van der Waals surface area contributed by atoms with Gasteiger partial charge >= 0.3 is 5.97 Å². The van der Waals surface area contributed by atoms with E-state index >= 15 is 0 Å². The van der Waals surface area contributed by atoms with Gasteiger partial charge in [-0.1, -0.05) is 0 Å². The first-order valence-electron chi connectivity index (χ1n) is 10.7. The molecule has 4 N–H and O–H groups in total. The molecule has 31 heavy (non-hydrogen) atoms. The maximum absolute atomic E-state index is 11.3. The Labute approximate surface area is 181 Å². The van der Waals surface area contributed by atoms with E-state index in [1.54, 1.807) is 20.8 Å². The summed E-state index contributed by atoms with van der Waals surface area (Å²) in [6.07, 6.45) is -9.24. The van der Waals surface area contributed by atoms with E-state index in [0.29, 0.717) is 0 Å². The molecule has 0 amide bonds. The van der Waals surface area contributed by atoms with Crippen molar-refractivity contribution < 1.29 is 53.6 Å². The average Bonchev–Trinajstić information content (AvgIpc) is 2.64. The highest BCUT2D eigenvalue weighted by atomic mass is 16.7. The van der Waals surface area contributed by atoms with Crippen LogP contribution in [0.4, 0.5) is 0 Å². The lowest BCUT2D eigenvalue weighted by molar-refractivity contribution is -0.331. The molecule has 3 heterocycles. The zero-order valence-corrected chi connectivity index (χ0v) is 18.2. The van der Waals surface area contributed by atoms with Gasteiger partial charge in [-0.3, -0.25) is 4.79 Å². The van der Waals surface area contributed by atoms with E-state index in [1.807, 2.05) is 0 Å². The number of carbonyl (C=O) groups is 1. The lowest BCUT2D eigenvalue weighted by atomic mass is 9.99. The molecule has 3 saturated heterocycles. The summed E-state index contributed by atoms with van der Waals surface area (Å²) in [4.78, 5) is 11.3. The molecule has 0 aliphatic carbocycles. The van der Waals surface area contributed by atoms with Gasteiger partial charge in [0.15, 0.2) is 18.9 Å². The third-order valence-corrected chi connectivity index (χ3v) is 5.89. The monoisotopic (exact) mass is 450 g/mol. The van der Waals surface area contributed by atoms with Crippen LogP contribution in [0.25, 0.3) is 0 Å². The van der Waals surface area contributed by atoms with E-state index in [2.05, 4.69) is 0 Å². The minimum atomic E-state index is -1.05. The first-order chi connectivity index (χ1) is 14.5. The molecule has 3 aliphatic heterocycles. The van der Waals surface area contributed by atoms with Crippen molar-refractivity contribution in [3.63, 3.8) is 0 Å². The van der Waals surface area contributed by atoms with Crippen molar-refractivity contribution >= 4 is 5.97 Å². The zero-order valence-electron chi connectivity index (χ0n) is 18.2. The number of aliphatic hydroxyl groups excluding tert-OH is 4. The van der Waals surface area contributed by atoms with E-state index in [-0.39, 0.29) is 19.3 Å². The van der Waals surface area contributed by atoms with Crippen LogP contribution in [-0.4, -0.2) is 100 Å². The Kier molecular flexibility index (Phi) is 8.27. The molecule has 0 aromatic rings. The van der Waals surface area contributed by atoms with Crippen LogP contribution in [0, 0.1) is 0 Å². The standard InChI is InChI=1S/C20H34O11/c1-8-18(25)14(29-11(4)21)7-17(27-8)31-20-10(3)28-16(6-13(20)23)30-19-9(2)26-15(24)5-12(19)22/h8-10,12-20,22-25H,5-7H2,1-4H3/t8-,9-,10-,12+,13+,14+,15?,16+,17+,18-,19-,20-/m1/s1. The molecular formula is C20H34O11. The molecule has 180 valence electrons. The van der Waals surface area contributed by atoms with Crippen molar-refractivity contribution in [1.29, 1.82) is 0 Å². The smallest absolute Gasteiger partial charge is 0.302 e. The minimum Gasteiger partial charge on any atom is -0.459 e. The maximum atomic E-state index is 11.3. The molecule has 3 aliphatic rings. The molecule has 0 spiro atoms. The number of aliphatic hydroxyl groups is 4. The highest BCUT2D eigenvalue weighted by Crippen LogP contribution is 2.31. The Morgan fingerprint density at radius 2 is 1.29 bits per heavy atom. The number of hydrogen-bond donors (Lipinski definition) is 4. The predicted molar refractivity (Wildman–Crippen MR) is 102 cm³/mol. The van der Waals surface area contributed by atoms with Gasteiger partial charge in [-0.2, -0.15) is 0 Å². The molecule has 0 aromatic carbocycles. The van der Waals surface area contributed by atoms with Gasteiger partial charge in [-0.15, -0.1) is 0 Å². The van der Waals surface area contributed by atoms with Gasteiger partial charge in [0.2, 0.25) is 0 Å². The fourth-order valence-corrected chi connectivity index (χ4v) is 4.32. The van der Waals surface area contributed by atoms with Crippen LogP contribution in [0.2, 0.25) is 0 Å². The molecule has 0 aromatic heterocycles. The topological polar surface area (TPSA) is 153 Å². The van der Waals surface area contributed by atoms with Crippen LogP contribution in [0.3, 0.4) is 0 Å². The zero-order chi connectivity index (χ0) is 22.9. The van der Waals surface area contributed by atoms with Crippen LogP contribution in [0.5, 0.6) is 0 Å². The largest absolute Gasteiger partial charge is 0.459 e. The normalized spacial score (nSPS) is 48.9. The Morgan fingerprint density at radius 3 is 1.84 bits per heavy atom. The van der Waals surface area contributed by atoms with E-state index in [1.165, 1.54) is 6.92 Å². The molecule has 3 rings (SSSR count). The van der Waals surface area contributed by atoms with Gasteiger partial charge in [-0.25, -0.2) is 0 Å². The van der Waals surface area contributed by atoms with Crippen molar-refractivity contribution in [2.75, 3.05) is 0 Å². The van der Waals surface area contributed by atoms with Gasteiger partial charge in [-0.05, 0) is 20.8 Å². The molecule has 1 unspecified atom stereocenters. The molecule has 0 saturated carbocycles. The third kappa shape index (κ3) is 6.12. The fraction of sp³-hybridized carbons (Fsp3) is 0.950. The van der Waals surface area contributed by atoms with Gasteiger partial charge in [0.25, 0.3) is 0 Å². The van der Waals surface area contributed by atoms with Crippen molar-refractivity contribution in [3.05, 3.63) is 0 Å². The molecule has 0 bridgehead atoms. The fourth-order valence-electron chi connectivity index (χ4n) is 4.32. The minimum absolute atomic E-state index is 0.0259. The molecular weight excluding hydrogens is 416 g/mol. The third-order valence-electron chi connectivity index (χ3n) is 5.89. The van der Waals surface area contributed by atoms with Crippen molar-refractivity contribution in [2.45, 2.75) is 121 Å². The second-order valence-electron chi connectivity index (χ2n) is 8.52. The SMILES string of the molecule is CC(=O)O[C@H]1C[C@H](O[C@H]2[C@@H](O)C[C@H](O[C@H]3[C@@H](O)CC(O)O[C@@H]3C)O[C@@H]2C)O[C@H](C)[C@H]1O. The summed E-state index contributed by atoms with van der Waals surface area (Å²) in [6, 6.07) is 0. The molecule has 11 heteroatoms. The van der Waals surface area contributed by atoms with E-state index in [4.69, 9.17) is 28.4 Å². The summed E-state index contributed by atoms with van der Waals surface area (Å²) < 4.78 is 33.7. The van der Waals surface area contributed by atoms with Gasteiger partial charge < -0.3 is 48.8 Å². The second kappa shape index (κ2) is 10.4. The van der Waals surface area contributed by atoms with Crippen LogP contribution < -0.4 is 0 Å². The Balaban J connectivity index is 1.56. The first kappa shape index (κ1) is 24.7. The lowest BCUT2D eigenvalue weighted by Crippen LogP contribution is -2.56. The van der Waals surface area contributed by atoms with Crippen LogP contribution in [0.15, 0.2) is 0 Å². The second-order valence-corrected chi connectivity index (χ2v) is 8.52. The van der Waals surface area contributed by atoms with Crippen LogP contribution >= 0.6 is 0 Å². The van der Waals surface area contributed by atoms with Crippen LogP contribution in [0.1, 0.15) is 47.0 Å². The van der Waals surface area contributed by atoms with Crippen LogP contribution in [-0.2, 0) is 33.2 Å². The summed E-state index contributed by atoms with van der Waals surface area (Å²) in [6.45, 7) is 6.31. The quantitative estimate of drug-likeness (QED) is 0.388. The Morgan fingerprint density at radius 1 is 0.774 bits per heavy atom. The van der Waals surface area contributed by atoms with Gasteiger partial charge in [0.05, 0.1) is 30.5 Å². The number of carbonyl (C=O) groups excluding carboxylic acids is 1. The van der Waals surface area contributed by atoms with E-state index in [9.17, 15) is 25.2 Å². The van der Waals surface area contributed by atoms with Crippen molar-refractivity contribution in [1.82, 2.24) is 0 Å². The number of rotatable bonds is 5. The van der Waals surface area contributed by atoms with Gasteiger partial charge in [0, 0.05) is 26.2 Å². The number of ether oxygens (including phenoxy) is 6. The lowest BCUT2D eigenvalue weighted by Gasteiger charge is -2.44. The predicted octanol–water partition coefficient (Wildman–Crippen LogP) is -0.832. The molecule has 0 radical (unpaired) electrons. The number of hydrogen-bond acceptors (Lipinski definition) is 11. The van der Waals surface area contributed by atoms with Gasteiger partial charge in [0.1, 0.15) is 24.4 Å². The summed E-state index contributed by atoms with van der Waals surface area (Å²) in [5, 5.41) is 40.6. The Bertz CT molecular complexity index is 580. The molecule has 12 atom stereocenters. The van der Waals surface area contributed by atoms with E-state index in [0.717, 1.165) is 0 Å². The molecule has 3 fully saturated rings. The summed E-state index contributed by atoms with van der Waals surface area (Å²) in [5.74, 6) is -0.512. The maximum Gasteiger partial charge on any atom is 0.302 e. The van der Waals surface area contributed by atoms with Crippen molar-refractivity contribution in [2.24, 2.45) is 0 Å².